The summed E-state index contributed by atoms with van der Waals surface area (Å²) in [6.45, 7) is 1.91. The number of hydrogen-bond acceptors (Lipinski definition) is 8. The molecule has 2 aromatic carbocycles. The fourth-order valence-electron chi connectivity index (χ4n) is 3.49. The molecule has 2 atom stereocenters. The summed E-state index contributed by atoms with van der Waals surface area (Å²) >= 11 is 5.80. The van der Waals surface area contributed by atoms with Gasteiger partial charge in [-0.3, -0.25) is 4.72 Å². The van der Waals surface area contributed by atoms with Crippen LogP contribution in [-0.4, -0.2) is 49.5 Å². The van der Waals surface area contributed by atoms with Gasteiger partial charge in [0.05, 0.1) is 5.56 Å². The molecule has 1 aliphatic heterocycles. The Morgan fingerprint density at radius 3 is 2.57 bits per heavy atom. The zero-order chi connectivity index (χ0) is 25.3. The number of halogens is 3. The topological polar surface area (TPSA) is 143 Å². The molecule has 1 saturated heterocycles. The highest BCUT2D eigenvalue weighted by Crippen LogP contribution is 2.29. The number of sulfonamides is 1. The number of nitrogens with two attached hydrogens (primary N) is 1. The van der Waals surface area contributed by atoms with Crippen molar-refractivity contribution in [2.24, 2.45) is 0 Å². The molecule has 0 saturated carbocycles. The minimum Gasteiger partial charge on any atom is -0.469 e. The number of hydrogen-bond donors (Lipinski definition) is 4. The number of benzene rings is 2. The lowest BCUT2D eigenvalue weighted by Crippen LogP contribution is -2.28. The first-order valence-electron chi connectivity index (χ1n) is 10.4. The second-order valence-electron chi connectivity index (χ2n) is 7.83. The number of ether oxygens (including phenoxy) is 1. The van der Waals surface area contributed by atoms with Crippen LogP contribution in [0.5, 0.6) is 5.88 Å². The van der Waals surface area contributed by atoms with Crippen molar-refractivity contribution in [1.29, 1.82) is 5.41 Å². The Morgan fingerprint density at radius 1 is 1.23 bits per heavy atom. The quantitative estimate of drug-likeness (QED) is 0.348. The van der Waals surface area contributed by atoms with Crippen LogP contribution in [0.4, 0.5) is 20.3 Å². The van der Waals surface area contributed by atoms with Crippen molar-refractivity contribution in [2.75, 3.05) is 23.5 Å². The summed E-state index contributed by atoms with van der Waals surface area (Å²) in [4.78, 5) is 7.98. The van der Waals surface area contributed by atoms with E-state index in [1.54, 1.807) is 0 Å². The van der Waals surface area contributed by atoms with Gasteiger partial charge in [-0.15, -0.1) is 0 Å². The zero-order valence-electron chi connectivity index (χ0n) is 18.3. The van der Waals surface area contributed by atoms with Crippen molar-refractivity contribution in [1.82, 2.24) is 15.3 Å². The first kappa shape index (κ1) is 24.8. The summed E-state index contributed by atoms with van der Waals surface area (Å²) in [5, 5.41) is 10.9. The summed E-state index contributed by atoms with van der Waals surface area (Å²) in [6.07, 6.45) is -2.04. The number of nitrogens with one attached hydrogen (secondary N) is 3. The smallest absolute Gasteiger partial charge is 0.264 e. The fraction of sp³-hybridized carbons (Fsp3) is 0.227. The average molecular weight is 523 g/mol. The van der Waals surface area contributed by atoms with E-state index in [9.17, 15) is 17.2 Å². The SMILES string of the molecule is CC(=N)c1c(N)nc(-c2ccc(NS(=O)(=O)c3cc(Cl)ccc3F)cc2)nc1O[C@@H]1CNC[C@@H]1F. The maximum absolute atomic E-state index is 14.1. The van der Waals surface area contributed by atoms with Crippen molar-refractivity contribution < 1.29 is 21.9 Å². The third-order valence-corrected chi connectivity index (χ3v) is 6.84. The molecule has 1 aromatic heterocycles. The standard InChI is InChI=1S/C22H21ClF2N6O3S/c1-11(26)19-20(27)29-21(30-22(19)34-17-10-28-9-16(17)25)12-2-5-14(6-3-12)31-35(32,33)18-8-13(23)4-7-15(18)24/h2-8,16-17,26,28,31H,9-10H2,1H3,(H2,27,29,30)/t16-,17+/m0/s1. The van der Waals surface area contributed by atoms with Crippen LogP contribution < -0.4 is 20.5 Å². The van der Waals surface area contributed by atoms with Crippen LogP contribution >= 0.6 is 11.6 Å². The molecule has 5 N–H and O–H groups in total. The van der Waals surface area contributed by atoms with Gasteiger partial charge in [0.2, 0.25) is 5.88 Å². The van der Waals surface area contributed by atoms with E-state index in [0.29, 0.717) is 5.56 Å². The van der Waals surface area contributed by atoms with E-state index < -0.39 is 33.0 Å². The van der Waals surface area contributed by atoms with Gasteiger partial charge in [-0.05, 0) is 49.4 Å². The molecule has 3 aromatic rings. The highest BCUT2D eigenvalue weighted by molar-refractivity contribution is 7.92. The molecule has 1 aliphatic rings. The van der Waals surface area contributed by atoms with Crippen molar-refractivity contribution in [3.8, 4) is 17.3 Å². The van der Waals surface area contributed by atoms with Crippen LogP contribution in [0.3, 0.4) is 0 Å². The minimum absolute atomic E-state index is 0.0138. The molecule has 9 nitrogen and oxygen atoms in total. The van der Waals surface area contributed by atoms with E-state index in [1.165, 1.54) is 37.3 Å². The van der Waals surface area contributed by atoms with E-state index in [0.717, 1.165) is 12.1 Å². The third-order valence-electron chi connectivity index (χ3n) is 5.21. The Balaban J connectivity index is 1.62. The van der Waals surface area contributed by atoms with Gasteiger partial charge in [-0.1, -0.05) is 11.6 Å². The molecule has 0 spiro atoms. The van der Waals surface area contributed by atoms with Crippen LogP contribution in [0, 0.1) is 11.2 Å². The number of nitrogen functional groups attached to an aromatic ring is 1. The normalized spacial score (nSPS) is 17.8. The molecule has 184 valence electrons. The fourth-order valence-corrected chi connectivity index (χ4v) is 4.89. The Kier molecular flexibility index (Phi) is 6.88. The summed E-state index contributed by atoms with van der Waals surface area (Å²) in [6, 6.07) is 9.14. The molecule has 13 heteroatoms. The lowest BCUT2D eigenvalue weighted by Gasteiger charge is -2.18. The van der Waals surface area contributed by atoms with E-state index in [-0.39, 0.29) is 52.6 Å². The Labute approximate surface area is 205 Å². The molecule has 2 heterocycles. The molecule has 1 fully saturated rings. The van der Waals surface area contributed by atoms with Crippen molar-refractivity contribution in [3.05, 3.63) is 58.9 Å². The van der Waals surface area contributed by atoms with Crippen molar-refractivity contribution >= 4 is 38.8 Å². The van der Waals surface area contributed by atoms with Gasteiger partial charge >= 0.3 is 0 Å². The van der Waals surface area contributed by atoms with E-state index >= 15 is 0 Å². The molecule has 0 aliphatic carbocycles. The summed E-state index contributed by atoms with van der Waals surface area (Å²) < 4.78 is 61.3. The number of alkyl halides is 1. The second-order valence-corrected chi connectivity index (χ2v) is 9.91. The molecule has 0 unspecified atom stereocenters. The summed E-state index contributed by atoms with van der Waals surface area (Å²) in [5.74, 6) is -0.832. The predicted octanol–water partition coefficient (Wildman–Crippen LogP) is 3.40. The van der Waals surface area contributed by atoms with Gasteiger partial charge in [0.25, 0.3) is 10.0 Å². The highest BCUT2D eigenvalue weighted by Gasteiger charge is 2.31. The first-order chi connectivity index (χ1) is 16.5. The molecule has 0 bridgehead atoms. The second kappa shape index (κ2) is 9.72. The Morgan fingerprint density at radius 2 is 1.94 bits per heavy atom. The monoisotopic (exact) mass is 522 g/mol. The largest absolute Gasteiger partial charge is 0.469 e. The first-order valence-corrected chi connectivity index (χ1v) is 12.2. The Hall–Kier alpha value is -3.35. The molecule has 4 rings (SSSR count). The van der Waals surface area contributed by atoms with Gasteiger partial charge < -0.3 is 21.2 Å². The van der Waals surface area contributed by atoms with Gasteiger partial charge in [0, 0.05) is 35.1 Å². The van der Waals surface area contributed by atoms with Crippen molar-refractivity contribution in [3.63, 3.8) is 0 Å². The van der Waals surface area contributed by atoms with Gasteiger partial charge in [0.1, 0.15) is 22.6 Å². The van der Waals surface area contributed by atoms with Gasteiger partial charge in [-0.25, -0.2) is 22.2 Å². The van der Waals surface area contributed by atoms with Gasteiger partial charge in [0.15, 0.2) is 12.0 Å². The van der Waals surface area contributed by atoms with Crippen LogP contribution in [0.1, 0.15) is 12.5 Å². The zero-order valence-corrected chi connectivity index (χ0v) is 19.9. The van der Waals surface area contributed by atoms with E-state index in [4.69, 9.17) is 27.5 Å². The lowest BCUT2D eigenvalue weighted by molar-refractivity contribution is 0.134. The van der Waals surface area contributed by atoms with Crippen LogP contribution in [0.2, 0.25) is 5.02 Å². The number of rotatable bonds is 7. The number of anilines is 2. The molecule has 35 heavy (non-hydrogen) atoms. The number of nitrogens with zero attached hydrogens (tertiary/aromatic N) is 2. The summed E-state index contributed by atoms with van der Waals surface area (Å²) in [7, 11) is -4.24. The minimum atomic E-state index is -4.24. The van der Waals surface area contributed by atoms with Crippen LogP contribution in [0.15, 0.2) is 47.4 Å². The third kappa shape index (κ3) is 5.34. The Bertz CT molecular complexity index is 1390. The summed E-state index contributed by atoms with van der Waals surface area (Å²) in [5.41, 5.74) is 6.89. The maximum atomic E-state index is 14.1. The predicted molar refractivity (Wildman–Crippen MR) is 129 cm³/mol. The molecule has 0 amide bonds. The van der Waals surface area contributed by atoms with Crippen LogP contribution in [0.25, 0.3) is 11.4 Å². The number of aromatic nitrogens is 2. The molecular weight excluding hydrogens is 502 g/mol. The van der Waals surface area contributed by atoms with E-state index in [1.807, 2.05) is 0 Å². The van der Waals surface area contributed by atoms with Crippen LogP contribution in [-0.2, 0) is 10.0 Å². The van der Waals surface area contributed by atoms with Gasteiger partial charge in [-0.2, -0.15) is 4.98 Å². The molecular formula is C22H21ClF2N6O3S. The molecule has 0 radical (unpaired) electrons. The lowest BCUT2D eigenvalue weighted by atomic mass is 10.1. The highest BCUT2D eigenvalue weighted by atomic mass is 35.5. The average Bonchev–Trinajstić information content (AvgIpc) is 3.19. The van der Waals surface area contributed by atoms with E-state index in [2.05, 4.69) is 20.0 Å². The maximum Gasteiger partial charge on any atom is 0.264 e. The van der Waals surface area contributed by atoms with Crippen molar-refractivity contribution in [2.45, 2.75) is 24.1 Å².